The Bertz CT molecular complexity index is 1190. The molecule has 11 nitrogen and oxygen atoms in total. The molecule has 1 saturated heterocycles. The van der Waals surface area contributed by atoms with Crippen molar-refractivity contribution in [2.75, 3.05) is 0 Å². The van der Waals surface area contributed by atoms with E-state index in [0.717, 1.165) is 16.9 Å². The van der Waals surface area contributed by atoms with Crippen molar-refractivity contribution in [3.63, 3.8) is 0 Å². The Morgan fingerprint density at radius 2 is 1.94 bits per heavy atom. The number of hydrogen-bond donors (Lipinski definition) is 1. The minimum Gasteiger partial charge on any atom is -0.481 e. The molecule has 1 aliphatic heterocycles. The fourth-order valence-corrected chi connectivity index (χ4v) is 4.46. The highest BCUT2D eigenvalue weighted by atomic mass is 16.6. The Labute approximate surface area is 207 Å². The van der Waals surface area contributed by atoms with E-state index < -0.39 is 41.1 Å². The van der Waals surface area contributed by atoms with E-state index in [2.05, 4.69) is 9.97 Å². The number of benzene rings is 1. The molecule has 2 aromatic heterocycles. The molecule has 3 heterocycles. The summed E-state index contributed by atoms with van der Waals surface area (Å²) < 4.78 is 18.4. The van der Waals surface area contributed by atoms with Crippen LogP contribution in [0.15, 0.2) is 66.1 Å². The summed E-state index contributed by atoms with van der Waals surface area (Å²) in [6.45, 7) is 4.92. The first kappa shape index (κ1) is 25.0. The largest absolute Gasteiger partial charge is 0.481 e. The van der Waals surface area contributed by atoms with Crippen molar-refractivity contribution < 1.29 is 33.4 Å². The molecule has 36 heavy (non-hydrogen) atoms. The molecule has 0 aliphatic carbocycles. The molecular weight excluding hydrogens is 468 g/mol. The molecule has 3 atom stereocenters. The maximum Gasteiger partial charge on any atom is 0.411 e. The van der Waals surface area contributed by atoms with Crippen LogP contribution in [0.25, 0.3) is 0 Å². The molecule has 11 heteroatoms. The second-order valence-corrected chi connectivity index (χ2v) is 9.68. The molecule has 0 unspecified atom stereocenters. The number of carboxylic acids is 1. The van der Waals surface area contributed by atoms with E-state index in [1.807, 2.05) is 6.07 Å². The zero-order valence-electron chi connectivity index (χ0n) is 20.2. The van der Waals surface area contributed by atoms with Crippen molar-refractivity contribution in [2.24, 2.45) is 5.92 Å². The van der Waals surface area contributed by atoms with Gasteiger partial charge < -0.3 is 23.6 Å². The molecule has 0 radical (unpaired) electrons. The average molecular weight is 497 g/mol. The number of rotatable bonds is 7. The van der Waals surface area contributed by atoms with E-state index in [9.17, 15) is 19.5 Å². The lowest BCUT2D eigenvalue weighted by Crippen LogP contribution is -2.58. The molecule has 0 saturated carbocycles. The highest BCUT2D eigenvalue weighted by Gasteiger charge is 2.63. The summed E-state index contributed by atoms with van der Waals surface area (Å²) in [4.78, 5) is 49.1. The minimum absolute atomic E-state index is 0.0769. The van der Waals surface area contributed by atoms with Gasteiger partial charge >= 0.3 is 18.0 Å². The Balaban J connectivity index is 1.82. The summed E-state index contributed by atoms with van der Waals surface area (Å²) in [7, 11) is 0. The quantitative estimate of drug-likeness (QED) is 0.488. The third kappa shape index (κ3) is 5.09. The van der Waals surface area contributed by atoms with Crippen LogP contribution in [0.2, 0.25) is 0 Å². The van der Waals surface area contributed by atoms with Gasteiger partial charge in [0.25, 0.3) is 0 Å². The molecule has 1 aliphatic rings. The van der Waals surface area contributed by atoms with E-state index in [-0.39, 0.29) is 25.3 Å². The van der Waals surface area contributed by atoms with Gasteiger partial charge in [0.15, 0.2) is 11.9 Å². The topological polar surface area (TPSA) is 137 Å². The first-order valence-corrected chi connectivity index (χ1v) is 11.4. The first-order valence-electron chi connectivity index (χ1n) is 11.4. The Morgan fingerprint density at radius 3 is 2.53 bits per heavy atom. The van der Waals surface area contributed by atoms with Gasteiger partial charge in [0, 0.05) is 12.4 Å². The van der Waals surface area contributed by atoms with Crippen LogP contribution in [0.4, 0.5) is 4.79 Å². The number of aromatic nitrogens is 3. The molecular formula is C25H28N4O7. The summed E-state index contributed by atoms with van der Waals surface area (Å²) in [5.41, 5.74) is -1.90. The molecule has 0 spiro atoms. The van der Waals surface area contributed by atoms with E-state index in [4.69, 9.17) is 13.9 Å². The lowest BCUT2D eigenvalue weighted by atomic mass is 9.90. The smallest absolute Gasteiger partial charge is 0.411 e. The van der Waals surface area contributed by atoms with Crippen molar-refractivity contribution >= 4 is 18.0 Å². The van der Waals surface area contributed by atoms with Crippen LogP contribution in [-0.4, -0.2) is 53.7 Å². The maximum atomic E-state index is 13.8. The number of hydrogen-bond acceptors (Lipinski definition) is 8. The fraction of sp³-hybridized carbons (Fsp3) is 0.400. The molecule has 3 aromatic rings. The normalized spacial score (nSPS) is 21.8. The zero-order valence-corrected chi connectivity index (χ0v) is 20.2. The Hall–Kier alpha value is -4.15. The van der Waals surface area contributed by atoms with Gasteiger partial charge in [0.1, 0.15) is 24.0 Å². The third-order valence-corrected chi connectivity index (χ3v) is 5.92. The molecule has 1 N–H and O–H groups in total. The summed E-state index contributed by atoms with van der Waals surface area (Å²) in [5, 5.41) is 10.2. The number of oxazole rings is 1. The highest BCUT2D eigenvalue weighted by Crippen LogP contribution is 2.49. The van der Waals surface area contributed by atoms with Gasteiger partial charge in [0.2, 0.25) is 0 Å². The first-order chi connectivity index (χ1) is 17.1. The number of esters is 1. The standard InChI is InChI=1S/C25H28N4O7/c1-24(2,3)36-22(32)25(14-28-10-9-26-15-28)11-18(21(30)31)20(19-12-27-16-35-19)29(25)23(33)34-13-17-7-5-4-6-8-17/h4-10,12,15-16,18,20H,11,13-14H2,1-3H3,(H,30,31)/t18-,20+,25+/m0/s1. The second kappa shape index (κ2) is 9.84. The minimum atomic E-state index is -1.73. The number of nitrogens with zero attached hydrogens (tertiary/aromatic N) is 4. The van der Waals surface area contributed by atoms with Crippen LogP contribution in [0, 0.1) is 5.92 Å². The maximum absolute atomic E-state index is 13.8. The van der Waals surface area contributed by atoms with E-state index in [1.165, 1.54) is 18.7 Å². The molecule has 1 fully saturated rings. The van der Waals surface area contributed by atoms with Crippen molar-refractivity contribution in [2.45, 2.75) is 57.5 Å². The summed E-state index contributed by atoms with van der Waals surface area (Å²) in [6.07, 6.45) is 5.99. The Morgan fingerprint density at radius 1 is 1.19 bits per heavy atom. The van der Waals surface area contributed by atoms with Crippen LogP contribution in [0.5, 0.6) is 0 Å². The number of carbonyl (C=O) groups is 3. The fourth-order valence-electron chi connectivity index (χ4n) is 4.46. The molecule has 1 amide bonds. The van der Waals surface area contributed by atoms with Gasteiger partial charge in [-0.3, -0.25) is 9.69 Å². The molecule has 1 aromatic carbocycles. The number of aliphatic carboxylic acids is 1. The monoisotopic (exact) mass is 496 g/mol. The number of likely N-dealkylation sites (tertiary alicyclic amines) is 1. The highest BCUT2D eigenvalue weighted by molar-refractivity contribution is 5.89. The summed E-state index contributed by atoms with van der Waals surface area (Å²) >= 11 is 0. The van der Waals surface area contributed by atoms with Crippen LogP contribution in [-0.2, 0) is 32.2 Å². The number of carbonyl (C=O) groups excluding carboxylic acids is 2. The van der Waals surface area contributed by atoms with Gasteiger partial charge in [-0.15, -0.1) is 0 Å². The number of ether oxygens (including phenoxy) is 2. The summed E-state index contributed by atoms with van der Waals surface area (Å²) in [5.74, 6) is -3.03. The van der Waals surface area contributed by atoms with E-state index in [0.29, 0.717) is 0 Å². The average Bonchev–Trinajstić information content (AvgIpc) is 3.58. The van der Waals surface area contributed by atoms with Gasteiger partial charge in [-0.25, -0.2) is 19.6 Å². The summed E-state index contributed by atoms with van der Waals surface area (Å²) in [6, 6.07) is 7.86. The Kier molecular flexibility index (Phi) is 6.82. The predicted molar refractivity (Wildman–Crippen MR) is 124 cm³/mol. The van der Waals surface area contributed by atoms with E-state index >= 15 is 0 Å². The third-order valence-electron chi connectivity index (χ3n) is 5.92. The van der Waals surface area contributed by atoms with Crippen LogP contribution in [0.1, 0.15) is 44.6 Å². The lowest BCUT2D eigenvalue weighted by molar-refractivity contribution is -0.169. The molecule has 4 rings (SSSR count). The van der Waals surface area contributed by atoms with Gasteiger partial charge in [-0.05, 0) is 32.8 Å². The van der Waals surface area contributed by atoms with Crippen molar-refractivity contribution in [1.82, 2.24) is 19.4 Å². The van der Waals surface area contributed by atoms with Crippen LogP contribution >= 0.6 is 0 Å². The predicted octanol–water partition coefficient (Wildman–Crippen LogP) is 3.44. The molecule has 0 bridgehead atoms. The molecule has 190 valence electrons. The number of carboxylic acid groups (broad SMARTS) is 1. The van der Waals surface area contributed by atoms with Gasteiger partial charge in [0.05, 0.1) is 25.0 Å². The van der Waals surface area contributed by atoms with Crippen molar-refractivity contribution in [3.8, 4) is 0 Å². The second-order valence-electron chi connectivity index (χ2n) is 9.68. The van der Waals surface area contributed by atoms with Gasteiger partial charge in [-0.1, -0.05) is 30.3 Å². The lowest BCUT2D eigenvalue weighted by Gasteiger charge is -2.39. The van der Waals surface area contributed by atoms with Gasteiger partial charge in [-0.2, -0.15) is 0 Å². The SMILES string of the molecule is CC(C)(C)OC(=O)[C@]1(Cn2ccnc2)C[C@H](C(=O)O)[C@H](c2cnco2)N1C(=O)OCc1ccccc1. The van der Waals surface area contributed by atoms with Crippen molar-refractivity contribution in [1.29, 1.82) is 0 Å². The number of amides is 1. The van der Waals surface area contributed by atoms with Crippen molar-refractivity contribution in [3.05, 3.63) is 73.0 Å². The zero-order chi connectivity index (χ0) is 25.9. The van der Waals surface area contributed by atoms with Crippen LogP contribution < -0.4 is 0 Å². The van der Waals surface area contributed by atoms with E-state index in [1.54, 1.807) is 55.8 Å². The van der Waals surface area contributed by atoms with Crippen LogP contribution in [0.3, 0.4) is 0 Å². The number of imidazole rings is 1.